The molecule has 1 heterocycles. The van der Waals surface area contributed by atoms with Crippen LogP contribution >= 0.6 is 0 Å². The number of nitrogens with one attached hydrogen (secondary N) is 1. The Morgan fingerprint density at radius 1 is 0.767 bits per heavy atom. The number of carbonyl (C=O) groups is 2. The fourth-order valence-corrected chi connectivity index (χ4v) is 3.56. The van der Waals surface area contributed by atoms with Gasteiger partial charge in [-0.25, -0.2) is 4.39 Å². The van der Waals surface area contributed by atoms with Crippen molar-refractivity contribution in [3.05, 3.63) is 95.8 Å². The van der Waals surface area contributed by atoms with E-state index in [-0.39, 0.29) is 17.6 Å². The van der Waals surface area contributed by atoms with Crippen LogP contribution in [0.5, 0.6) is 0 Å². The first-order valence-electron chi connectivity index (χ1n) is 9.87. The third kappa shape index (κ3) is 4.33. The molecule has 0 bridgehead atoms. The molecule has 3 aromatic carbocycles. The Kier molecular flexibility index (Phi) is 5.75. The summed E-state index contributed by atoms with van der Waals surface area (Å²) in [7, 11) is 0. The molecule has 152 valence electrons. The van der Waals surface area contributed by atoms with E-state index in [1.165, 1.54) is 6.07 Å². The van der Waals surface area contributed by atoms with Gasteiger partial charge in [0.1, 0.15) is 5.82 Å². The van der Waals surface area contributed by atoms with Crippen molar-refractivity contribution >= 4 is 23.2 Å². The van der Waals surface area contributed by atoms with Crippen LogP contribution in [0.1, 0.15) is 20.7 Å². The highest BCUT2D eigenvalue weighted by molar-refractivity contribution is 6.06. The lowest BCUT2D eigenvalue weighted by Crippen LogP contribution is -2.49. The molecular weight excluding hydrogens is 381 g/mol. The Bertz CT molecular complexity index is 1050. The third-order valence-electron chi connectivity index (χ3n) is 5.16. The van der Waals surface area contributed by atoms with E-state index in [1.54, 1.807) is 41.3 Å². The van der Waals surface area contributed by atoms with E-state index < -0.39 is 0 Å². The molecule has 4 rings (SSSR count). The van der Waals surface area contributed by atoms with Gasteiger partial charge in [-0.3, -0.25) is 9.59 Å². The highest BCUT2D eigenvalue weighted by Gasteiger charge is 2.24. The van der Waals surface area contributed by atoms with Gasteiger partial charge < -0.3 is 15.1 Å². The first-order valence-corrected chi connectivity index (χ1v) is 9.87. The number of benzene rings is 3. The third-order valence-corrected chi connectivity index (χ3v) is 5.16. The lowest BCUT2D eigenvalue weighted by atomic mass is 10.1. The van der Waals surface area contributed by atoms with Gasteiger partial charge in [0.25, 0.3) is 11.8 Å². The highest BCUT2D eigenvalue weighted by Crippen LogP contribution is 2.21. The smallest absolute Gasteiger partial charge is 0.255 e. The number of piperazine rings is 1. The molecule has 0 atom stereocenters. The number of hydrogen-bond donors (Lipinski definition) is 1. The minimum absolute atomic E-state index is 0.127. The summed E-state index contributed by atoms with van der Waals surface area (Å²) in [5, 5.41) is 2.83. The maximum atomic E-state index is 14.0. The number of rotatable bonds is 4. The average molecular weight is 403 g/mol. The zero-order valence-electron chi connectivity index (χ0n) is 16.4. The van der Waals surface area contributed by atoms with Crippen molar-refractivity contribution in [1.82, 2.24) is 4.90 Å². The summed E-state index contributed by atoms with van der Waals surface area (Å²) in [6.07, 6.45) is 0. The van der Waals surface area contributed by atoms with Gasteiger partial charge in [-0.15, -0.1) is 0 Å². The van der Waals surface area contributed by atoms with E-state index in [1.807, 2.05) is 41.3 Å². The molecule has 3 aromatic rings. The summed E-state index contributed by atoms with van der Waals surface area (Å²) in [6, 6.07) is 22.6. The lowest BCUT2D eigenvalue weighted by molar-refractivity contribution is 0.0746. The quantitative estimate of drug-likeness (QED) is 0.715. The lowest BCUT2D eigenvalue weighted by Gasteiger charge is -2.36. The molecule has 1 N–H and O–H groups in total. The van der Waals surface area contributed by atoms with Crippen LogP contribution in [0.4, 0.5) is 15.8 Å². The van der Waals surface area contributed by atoms with Crippen LogP contribution in [-0.2, 0) is 0 Å². The Labute approximate surface area is 174 Å². The van der Waals surface area contributed by atoms with Gasteiger partial charge in [-0.1, -0.05) is 36.4 Å². The van der Waals surface area contributed by atoms with Crippen molar-refractivity contribution in [3.8, 4) is 0 Å². The Morgan fingerprint density at radius 2 is 1.43 bits per heavy atom. The van der Waals surface area contributed by atoms with Gasteiger partial charge in [0.15, 0.2) is 0 Å². The van der Waals surface area contributed by atoms with E-state index in [9.17, 15) is 14.0 Å². The van der Waals surface area contributed by atoms with E-state index >= 15 is 0 Å². The molecule has 30 heavy (non-hydrogen) atoms. The van der Waals surface area contributed by atoms with Crippen LogP contribution in [0, 0.1) is 5.82 Å². The molecule has 5 nitrogen and oxygen atoms in total. The monoisotopic (exact) mass is 403 g/mol. The second-order valence-electron chi connectivity index (χ2n) is 7.13. The number of halogens is 1. The highest BCUT2D eigenvalue weighted by atomic mass is 19.1. The first kappa shape index (κ1) is 19.6. The molecule has 0 aliphatic carbocycles. The molecule has 0 saturated carbocycles. The SMILES string of the molecule is O=C(Nc1ccccc1)c1cccc(C(=O)N2CCN(c3ccccc3F)CC2)c1. The molecule has 1 aliphatic rings. The molecule has 1 fully saturated rings. The fraction of sp³-hybridized carbons (Fsp3) is 0.167. The molecule has 2 amide bonds. The molecule has 0 radical (unpaired) electrons. The van der Waals surface area contributed by atoms with Crippen molar-refractivity contribution in [2.24, 2.45) is 0 Å². The Morgan fingerprint density at radius 3 is 2.17 bits per heavy atom. The predicted octanol–water partition coefficient (Wildman–Crippen LogP) is 4.04. The van der Waals surface area contributed by atoms with Crippen LogP contribution in [-0.4, -0.2) is 42.9 Å². The van der Waals surface area contributed by atoms with Gasteiger partial charge in [-0.05, 0) is 42.5 Å². The first-order chi connectivity index (χ1) is 14.6. The molecule has 0 unspecified atom stereocenters. The summed E-state index contributed by atoms with van der Waals surface area (Å²) < 4.78 is 14.0. The number of nitrogens with zero attached hydrogens (tertiary/aromatic N) is 2. The van der Waals surface area contributed by atoms with Crippen LogP contribution in [0.3, 0.4) is 0 Å². The zero-order chi connectivity index (χ0) is 20.9. The van der Waals surface area contributed by atoms with Crippen LogP contribution < -0.4 is 10.2 Å². The summed E-state index contributed by atoms with van der Waals surface area (Å²) in [6.45, 7) is 2.10. The van der Waals surface area contributed by atoms with E-state index in [2.05, 4.69) is 5.32 Å². The maximum absolute atomic E-state index is 14.0. The predicted molar refractivity (Wildman–Crippen MR) is 115 cm³/mol. The van der Waals surface area contributed by atoms with E-state index in [0.717, 1.165) is 0 Å². The van der Waals surface area contributed by atoms with Crippen LogP contribution in [0.25, 0.3) is 0 Å². The van der Waals surface area contributed by atoms with E-state index in [4.69, 9.17) is 0 Å². The average Bonchev–Trinajstić information content (AvgIpc) is 2.80. The Hall–Kier alpha value is -3.67. The van der Waals surface area contributed by atoms with Crippen LogP contribution in [0.2, 0.25) is 0 Å². The molecular formula is C24H22FN3O2. The standard InChI is InChI=1S/C24H22FN3O2/c25-21-11-4-5-12-22(21)27-13-15-28(16-14-27)24(30)19-8-6-7-18(17-19)23(29)26-20-9-2-1-3-10-20/h1-12,17H,13-16H2,(H,26,29). The number of hydrogen-bond acceptors (Lipinski definition) is 3. The molecule has 0 spiro atoms. The van der Waals surface area contributed by atoms with Crippen molar-refractivity contribution in [2.75, 3.05) is 36.4 Å². The summed E-state index contributed by atoms with van der Waals surface area (Å²) in [4.78, 5) is 29.2. The molecule has 6 heteroatoms. The molecule has 1 aliphatic heterocycles. The molecule has 1 saturated heterocycles. The summed E-state index contributed by atoms with van der Waals surface area (Å²) in [5.41, 5.74) is 2.15. The zero-order valence-corrected chi connectivity index (χ0v) is 16.4. The van der Waals surface area contributed by atoms with Crippen molar-refractivity contribution in [3.63, 3.8) is 0 Å². The van der Waals surface area contributed by atoms with Crippen molar-refractivity contribution in [2.45, 2.75) is 0 Å². The topological polar surface area (TPSA) is 52.7 Å². The Balaban J connectivity index is 1.41. The van der Waals surface area contributed by atoms with Crippen LogP contribution in [0.15, 0.2) is 78.9 Å². The van der Waals surface area contributed by atoms with Gasteiger partial charge in [0, 0.05) is 43.0 Å². The second-order valence-corrected chi connectivity index (χ2v) is 7.13. The molecule has 0 aromatic heterocycles. The largest absolute Gasteiger partial charge is 0.366 e. The normalized spacial score (nSPS) is 13.8. The van der Waals surface area contributed by atoms with Crippen molar-refractivity contribution in [1.29, 1.82) is 0 Å². The maximum Gasteiger partial charge on any atom is 0.255 e. The number of anilines is 2. The summed E-state index contributed by atoms with van der Waals surface area (Å²) >= 11 is 0. The van der Waals surface area contributed by atoms with Gasteiger partial charge in [0.05, 0.1) is 5.69 Å². The minimum Gasteiger partial charge on any atom is -0.366 e. The minimum atomic E-state index is -0.264. The van der Waals surface area contributed by atoms with Gasteiger partial charge in [0.2, 0.25) is 0 Å². The number of carbonyl (C=O) groups excluding carboxylic acids is 2. The number of para-hydroxylation sites is 2. The summed E-state index contributed by atoms with van der Waals surface area (Å²) in [5.74, 6) is -0.646. The fourth-order valence-electron chi connectivity index (χ4n) is 3.56. The number of amides is 2. The second kappa shape index (κ2) is 8.78. The van der Waals surface area contributed by atoms with Crippen molar-refractivity contribution < 1.29 is 14.0 Å². The van der Waals surface area contributed by atoms with Gasteiger partial charge >= 0.3 is 0 Å². The van der Waals surface area contributed by atoms with Gasteiger partial charge in [-0.2, -0.15) is 0 Å². The van der Waals surface area contributed by atoms with E-state index in [0.29, 0.717) is 48.7 Å².